The number of aldehydes is 1. The van der Waals surface area contributed by atoms with Gasteiger partial charge in [0.05, 0.1) is 0 Å². The van der Waals surface area contributed by atoms with Crippen LogP contribution in [0.15, 0.2) is 12.1 Å². The molecule has 0 N–H and O–H groups in total. The number of carbonyl (C=O) groups is 1. The van der Waals surface area contributed by atoms with E-state index in [0.717, 1.165) is 5.56 Å². The molecule has 0 bridgehead atoms. The molecule has 0 fully saturated rings. The average molecular weight is 200 g/mol. The fourth-order valence-corrected chi connectivity index (χ4v) is 1.14. The van der Waals surface area contributed by atoms with Crippen LogP contribution in [0.4, 0.5) is 8.78 Å². The lowest BCUT2D eigenvalue weighted by Crippen LogP contribution is -2.04. The Morgan fingerprint density at radius 3 is 2.50 bits per heavy atom. The molecule has 0 unspecified atom stereocenters. The Hall–Kier alpha value is -1.45. The van der Waals surface area contributed by atoms with Crippen molar-refractivity contribution >= 4 is 6.29 Å². The van der Waals surface area contributed by atoms with Gasteiger partial charge in [0, 0.05) is 5.56 Å². The Morgan fingerprint density at radius 1 is 1.36 bits per heavy atom. The number of benzene rings is 1. The standard InChI is InChI=1S/C10H10F2O2/c1-6-3-8(5-13)4-9(7(6)2)14-10(11)12/h3-5,10H,1-2H3. The monoisotopic (exact) mass is 200 g/mol. The summed E-state index contributed by atoms with van der Waals surface area (Å²) in [5.74, 6) is 0.0575. The quantitative estimate of drug-likeness (QED) is 0.701. The smallest absolute Gasteiger partial charge is 0.387 e. The summed E-state index contributed by atoms with van der Waals surface area (Å²) in [6.07, 6.45) is 0.602. The van der Waals surface area contributed by atoms with Crippen molar-refractivity contribution < 1.29 is 18.3 Å². The molecule has 0 spiro atoms. The van der Waals surface area contributed by atoms with Gasteiger partial charge in [0.1, 0.15) is 12.0 Å². The lowest BCUT2D eigenvalue weighted by atomic mass is 10.1. The third-order valence-corrected chi connectivity index (χ3v) is 1.99. The van der Waals surface area contributed by atoms with Gasteiger partial charge in [-0.15, -0.1) is 0 Å². The minimum atomic E-state index is -2.87. The molecule has 1 aromatic carbocycles. The van der Waals surface area contributed by atoms with Crippen LogP contribution >= 0.6 is 0 Å². The lowest BCUT2D eigenvalue weighted by molar-refractivity contribution is -0.0503. The Morgan fingerprint density at radius 2 is 2.00 bits per heavy atom. The van der Waals surface area contributed by atoms with E-state index in [1.807, 2.05) is 0 Å². The van der Waals surface area contributed by atoms with Crippen LogP contribution in [0.2, 0.25) is 0 Å². The largest absolute Gasteiger partial charge is 0.435 e. The second-order valence-corrected chi connectivity index (χ2v) is 2.96. The van der Waals surface area contributed by atoms with Crippen molar-refractivity contribution in [2.24, 2.45) is 0 Å². The first-order chi connectivity index (χ1) is 6.54. The maximum atomic E-state index is 12.0. The van der Waals surface area contributed by atoms with Crippen molar-refractivity contribution in [3.63, 3.8) is 0 Å². The van der Waals surface area contributed by atoms with Crippen molar-refractivity contribution in [3.05, 3.63) is 28.8 Å². The van der Waals surface area contributed by atoms with E-state index in [4.69, 9.17) is 0 Å². The Balaban J connectivity index is 3.13. The van der Waals surface area contributed by atoms with Gasteiger partial charge in [-0.1, -0.05) is 0 Å². The number of aryl methyl sites for hydroxylation is 1. The third kappa shape index (κ3) is 2.28. The van der Waals surface area contributed by atoms with E-state index < -0.39 is 6.61 Å². The van der Waals surface area contributed by atoms with E-state index in [-0.39, 0.29) is 5.75 Å². The summed E-state index contributed by atoms with van der Waals surface area (Å²) in [5.41, 5.74) is 1.71. The molecule has 0 atom stereocenters. The fourth-order valence-electron chi connectivity index (χ4n) is 1.14. The van der Waals surface area contributed by atoms with E-state index in [9.17, 15) is 13.6 Å². The summed E-state index contributed by atoms with van der Waals surface area (Å²) in [7, 11) is 0. The number of ether oxygens (including phenoxy) is 1. The van der Waals surface area contributed by atoms with Crippen LogP contribution in [0.3, 0.4) is 0 Å². The summed E-state index contributed by atoms with van der Waals surface area (Å²) >= 11 is 0. The summed E-state index contributed by atoms with van der Waals surface area (Å²) in [5, 5.41) is 0. The van der Waals surface area contributed by atoms with Gasteiger partial charge in [0.25, 0.3) is 0 Å². The topological polar surface area (TPSA) is 26.3 Å². The number of halogens is 2. The van der Waals surface area contributed by atoms with Crippen LogP contribution < -0.4 is 4.74 Å². The first kappa shape index (κ1) is 10.6. The highest BCUT2D eigenvalue weighted by molar-refractivity contribution is 5.76. The van der Waals surface area contributed by atoms with Crippen LogP contribution in [0.25, 0.3) is 0 Å². The minimum absolute atomic E-state index is 0.0575. The predicted octanol–water partition coefficient (Wildman–Crippen LogP) is 2.72. The molecular weight excluding hydrogens is 190 g/mol. The molecule has 0 aromatic heterocycles. The summed E-state index contributed by atoms with van der Waals surface area (Å²) in [6.45, 7) is 0.539. The highest BCUT2D eigenvalue weighted by atomic mass is 19.3. The van der Waals surface area contributed by atoms with Gasteiger partial charge >= 0.3 is 6.61 Å². The molecule has 0 aliphatic heterocycles. The molecule has 0 saturated heterocycles. The zero-order valence-corrected chi connectivity index (χ0v) is 7.88. The number of alkyl halides is 2. The van der Waals surface area contributed by atoms with E-state index in [2.05, 4.69) is 4.74 Å². The van der Waals surface area contributed by atoms with Gasteiger partial charge in [0.15, 0.2) is 0 Å². The van der Waals surface area contributed by atoms with Crippen molar-refractivity contribution in [2.45, 2.75) is 20.5 Å². The molecule has 0 amide bonds. The first-order valence-electron chi connectivity index (χ1n) is 4.06. The Bertz CT molecular complexity index is 348. The maximum Gasteiger partial charge on any atom is 0.387 e. The number of rotatable bonds is 3. The van der Waals surface area contributed by atoms with Crippen LogP contribution in [0, 0.1) is 13.8 Å². The van der Waals surface area contributed by atoms with Gasteiger partial charge < -0.3 is 4.74 Å². The zero-order valence-electron chi connectivity index (χ0n) is 7.88. The number of hydrogen-bond acceptors (Lipinski definition) is 2. The molecule has 0 radical (unpaired) electrons. The molecule has 0 heterocycles. The van der Waals surface area contributed by atoms with E-state index >= 15 is 0 Å². The normalized spacial score (nSPS) is 10.4. The van der Waals surface area contributed by atoms with Gasteiger partial charge in [-0.05, 0) is 37.1 Å². The van der Waals surface area contributed by atoms with Crippen LogP contribution in [-0.2, 0) is 0 Å². The highest BCUT2D eigenvalue weighted by Crippen LogP contribution is 2.24. The summed E-state index contributed by atoms with van der Waals surface area (Å²) < 4.78 is 28.2. The van der Waals surface area contributed by atoms with Gasteiger partial charge in [0.2, 0.25) is 0 Å². The second-order valence-electron chi connectivity index (χ2n) is 2.96. The second kappa shape index (κ2) is 4.17. The van der Waals surface area contributed by atoms with Crippen molar-refractivity contribution in [1.29, 1.82) is 0 Å². The van der Waals surface area contributed by atoms with Crippen LogP contribution in [0.5, 0.6) is 5.75 Å². The molecule has 0 aliphatic carbocycles. The first-order valence-corrected chi connectivity index (χ1v) is 4.06. The molecule has 4 heteroatoms. The molecule has 0 aliphatic rings. The van der Waals surface area contributed by atoms with Crippen LogP contribution in [-0.4, -0.2) is 12.9 Å². The molecule has 2 nitrogen and oxygen atoms in total. The SMILES string of the molecule is Cc1cc(C=O)cc(OC(F)F)c1C. The van der Waals surface area contributed by atoms with Gasteiger partial charge in [-0.2, -0.15) is 8.78 Å². The fraction of sp³-hybridized carbons (Fsp3) is 0.300. The van der Waals surface area contributed by atoms with E-state index in [1.165, 1.54) is 6.07 Å². The molecule has 76 valence electrons. The van der Waals surface area contributed by atoms with Crippen molar-refractivity contribution in [2.75, 3.05) is 0 Å². The van der Waals surface area contributed by atoms with Gasteiger partial charge in [-0.3, -0.25) is 4.79 Å². The van der Waals surface area contributed by atoms with Crippen LogP contribution in [0.1, 0.15) is 21.5 Å². The van der Waals surface area contributed by atoms with Crippen molar-refractivity contribution in [1.82, 2.24) is 0 Å². The Kier molecular flexibility index (Phi) is 3.17. The predicted molar refractivity (Wildman–Crippen MR) is 47.9 cm³/mol. The molecule has 0 saturated carbocycles. The van der Waals surface area contributed by atoms with Gasteiger partial charge in [-0.25, -0.2) is 0 Å². The molecular formula is C10H10F2O2. The number of carbonyl (C=O) groups excluding carboxylic acids is 1. The molecule has 14 heavy (non-hydrogen) atoms. The average Bonchev–Trinajstić information content (AvgIpc) is 2.11. The maximum absolute atomic E-state index is 12.0. The Labute approximate surface area is 80.5 Å². The van der Waals surface area contributed by atoms with E-state index in [0.29, 0.717) is 17.4 Å². The minimum Gasteiger partial charge on any atom is -0.435 e. The lowest BCUT2D eigenvalue weighted by Gasteiger charge is -2.10. The molecule has 1 aromatic rings. The third-order valence-electron chi connectivity index (χ3n) is 1.99. The number of hydrogen-bond donors (Lipinski definition) is 0. The highest BCUT2D eigenvalue weighted by Gasteiger charge is 2.10. The van der Waals surface area contributed by atoms with E-state index in [1.54, 1.807) is 19.9 Å². The van der Waals surface area contributed by atoms with Crippen molar-refractivity contribution in [3.8, 4) is 5.75 Å². The summed E-state index contributed by atoms with van der Waals surface area (Å²) in [4.78, 5) is 10.5. The molecule has 1 rings (SSSR count). The zero-order chi connectivity index (χ0) is 10.7. The summed E-state index contributed by atoms with van der Waals surface area (Å²) in [6, 6.07) is 2.93.